The lowest BCUT2D eigenvalue weighted by Crippen LogP contribution is -2.26. The summed E-state index contributed by atoms with van der Waals surface area (Å²) in [5.41, 5.74) is 2.21. The van der Waals surface area contributed by atoms with Gasteiger partial charge in [0.2, 0.25) is 0 Å². The maximum atomic E-state index is 12.4. The number of carbonyl (C=O) groups excluding carboxylic acids is 1. The molecule has 1 amide bonds. The monoisotopic (exact) mass is 413 g/mol. The molecule has 0 radical (unpaired) electrons. The molecule has 0 atom stereocenters. The van der Waals surface area contributed by atoms with Gasteiger partial charge < -0.3 is 14.8 Å². The summed E-state index contributed by atoms with van der Waals surface area (Å²) in [6.07, 6.45) is 2.41. The Balaban J connectivity index is 1.58. The highest BCUT2D eigenvalue weighted by Gasteiger charge is 2.11. The Morgan fingerprint density at radius 2 is 1.86 bits per heavy atom. The Morgan fingerprint density at radius 3 is 2.62 bits per heavy atom. The number of nitrogens with zero attached hydrogens (tertiary/aromatic N) is 2. The molecule has 0 bridgehead atoms. The van der Waals surface area contributed by atoms with E-state index in [1.54, 1.807) is 29.1 Å². The molecule has 0 saturated heterocycles. The van der Waals surface area contributed by atoms with E-state index in [1.165, 1.54) is 0 Å². The Morgan fingerprint density at radius 1 is 1.07 bits per heavy atom. The summed E-state index contributed by atoms with van der Waals surface area (Å²) in [5.74, 6) is 1.23. The average Bonchev–Trinajstić information content (AvgIpc) is 3.21. The van der Waals surface area contributed by atoms with Crippen molar-refractivity contribution in [2.24, 2.45) is 0 Å². The number of rotatable bonds is 9. The third-order valence-electron chi connectivity index (χ3n) is 4.20. The van der Waals surface area contributed by atoms with Crippen LogP contribution in [0.5, 0.6) is 11.5 Å². The fourth-order valence-electron chi connectivity index (χ4n) is 2.87. The first-order valence-electron chi connectivity index (χ1n) is 9.59. The number of ether oxygens (including phenoxy) is 2. The first kappa shape index (κ1) is 20.7. The van der Waals surface area contributed by atoms with Gasteiger partial charge in [0.05, 0.1) is 18.9 Å². The number of amides is 1. The lowest BCUT2D eigenvalue weighted by molar-refractivity contribution is 0.0948. The lowest BCUT2D eigenvalue weighted by Gasteiger charge is -2.12. The van der Waals surface area contributed by atoms with Gasteiger partial charge in [-0.25, -0.2) is 4.68 Å². The van der Waals surface area contributed by atoms with Crippen molar-refractivity contribution >= 4 is 17.5 Å². The molecule has 6 nitrogen and oxygen atoms in total. The SMILES string of the molecule is CCOc1ccc(CCNC(=O)c2ccn(-c3cccc(Cl)c3)n2)cc1OCC. The van der Waals surface area contributed by atoms with E-state index >= 15 is 0 Å². The van der Waals surface area contributed by atoms with Crippen LogP contribution in [0.4, 0.5) is 0 Å². The summed E-state index contributed by atoms with van der Waals surface area (Å²) in [5, 5.41) is 7.85. The van der Waals surface area contributed by atoms with Crippen LogP contribution in [0.1, 0.15) is 29.9 Å². The fourth-order valence-corrected chi connectivity index (χ4v) is 3.05. The second-order valence-electron chi connectivity index (χ2n) is 6.28. The summed E-state index contributed by atoms with van der Waals surface area (Å²) < 4.78 is 12.8. The van der Waals surface area contributed by atoms with Gasteiger partial charge in [-0.3, -0.25) is 4.79 Å². The summed E-state index contributed by atoms with van der Waals surface area (Å²) in [6.45, 7) is 5.51. The van der Waals surface area contributed by atoms with Crippen LogP contribution < -0.4 is 14.8 Å². The van der Waals surface area contributed by atoms with Crippen LogP contribution in [0, 0.1) is 0 Å². The molecule has 1 aromatic heterocycles. The predicted octanol–water partition coefficient (Wildman–Crippen LogP) is 4.30. The summed E-state index contributed by atoms with van der Waals surface area (Å²) >= 11 is 6.01. The third kappa shape index (κ3) is 5.51. The Hall–Kier alpha value is -2.99. The highest BCUT2D eigenvalue weighted by Crippen LogP contribution is 2.28. The molecule has 0 aliphatic rings. The van der Waals surface area contributed by atoms with Crippen molar-refractivity contribution in [3.05, 3.63) is 71.0 Å². The molecule has 3 rings (SSSR count). The van der Waals surface area contributed by atoms with Crippen molar-refractivity contribution in [1.29, 1.82) is 0 Å². The van der Waals surface area contributed by atoms with Gasteiger partial charge in [0.25, 0.3) is 5.91 Å². The van der Waals surface area contributed by atoms with E-state index in [0.29, 0.717) is 36.9 Å². The number of benzene rings is 2. The molecular formula is C22H24ClN3O3. The lowest BCUT2D eigenvalue weighted by atomic mass is 10.1. The van der Waals surface area contributed by atoms with E-state index in [0.717, 1.165) is 22.7 Å². The fraction of sp³-hybridized carbons (Fsp3) is 0.273. The van der Waals surface area contributed by atoms with E-state index in [4.69, 9.17) is 21.1 Å². The van der Waals surface area contributed by atoms with Gasteiger partial charge in [0, 0.05) is 17.8 Å². The first-order valence-corrected chi connectivity index (χ1v) is 9.96. The minimum atomic E-state index is -0.221. The number of hydrogen-bond donors (Lipinski definition) is 1. The highest BCUT2D eigenvalue weighted by molar-refractivity contribution is 6.30. The molecule has 0 saturated carbocycles. The second-order valence-corrected chi connectivity index (χ2v) is 6.71. The van der Waals surface area contributed by atoms with E-state index < -0.39 is 0 Å². The van der Waals surface area contributed by atoms with Crippen LogP contribution in [-0.2, 0) is 6.42 Å². The molecule has 1 N–H and O–H groups in total. The molecule has 0 fully saturated rings. The third-order valence-corrected chi connectivity index (χ3v) is 4.44. The normalized spacial score (nSPS) is 10.6. The molecule has 7 heteroatoms. The standard InChI is InChI=1S/C22H24ClN3O3/c1-3-28-20-9-8-16(14-21(20)29-4-2)10-12-24-22(27)19-11-13-26(25-19)18-7-5-6-17(23)15-18/h5-9,11,13-15H,3-4,10,12H2,1-2H3,(H,24,27). The molecule has 152 valence electrons. The quantitative estimate of drug-likeness (QED) is 0.568. The number of nitrogens with one attached hydrogen (secondary N) is 1. The number of aromatic nitrogens is 2. The molecule has 0 unspecified atom stereocenters. The molecule has 29 heavy (non-hydrogen) atoms. The first-order chi connectivity index (χ1) is 14.1. The number of carbonyl (C=O) groups is 1. The van der Waals surface area contributed by atoms with Crippen LogP contribution in [0.2, 0.25) is 5.02 Å². The Kier molecular flexibility index (Phi) is 7.14. The van der Waals surface area contributed by atoms with Gasteiger partial charge in [-0.05, 0) is 62.2 Å². The smallest absolute Gasteiger partial charge is 0.271 e. The van der Waals surface area contributed by atoms with Crippen LogP contribution in [0.15, 0.2) is 54.7 Å². The van der Waals surface area contributed by atoms with Crippen molar-refractivity contribution < 1.29 is 14.3 Å². The minimum Gasteiger partial charge on any atom is -0.490 e. The Labute approximate surface area is 175 Å². The summed E-state index contributed by atoms with van der Waals surface area (Å²) in [6, 6.07) is 14.8. The maximum Gasteiger partial charge on any atom is 0.271 e. The van der Waals surface area contributed by atoms with Gasteiger partial charge in [-0.2, -0.15) is 5.10 Å². The van der Waals surface area contributed by atoms with Crippen molar-refractivity contribution in [2.75, 3.05) is 19.8 Å². The molecule has 1 heterocycles. The van der Waals surface area contributed by atoms with Gasteiger partial charge in [-0.15, -0.1) is 0 Å². The molecule has 3 aromatic rings. The van der Waals surface area contributed by atoms with Crippen LogP contribution in [0.3, 0.4) is 0 Å². The van der Waals surface area contributed by atoms with Crippen LogP contribution in [0.25, 0.3) is 5.69 Å². The topological polar surface area (TPSA) is 65.4 Å². The van der Waals surface area contributed by atoms with Gasteiger partial charge in [-0.1, -0.05) is 23.7 Å². The van der Waals surface area contributed by atoms with Crippen LogP contribution in [-0.4, -0.2) is 35.4 Å². The van der Waals surface area contributed by atoms with E-state index in [1.807, 2.05) is 44.2 Å². The van der Waals surface area contributed by atoms with Crippen molar-refractivity contribution in [3.8, 4) is 17.2 Å². The average molecular weight is 414 g/mol. The molecule has 0 aliphatic heterocycles. The van der Waals surface area contributed by atoms with Crippen molar-refractivity contribution in [1.82, 2.24) is 15.1 Å². The maximum absolute atomic E-state index is 12.4. The zero-order valence-electron chi connectivity index (χ0n) is 16.5. The van der Waals surface area contributed by atoms with E-state index in [2.05, 4.69) is 10.4 Å². The van der Waals surface area contributed by atoms with E-state index in [9.17, 15) is 4.79 Å². The van der Waals surface area contributed by atoms with Crippen LogP contribution >= 0.6 is 11.6 Å². The number of hydrogen-bond acceptors (Lipinski definition) is 4. The van der Waals surface area contributed by atoms with Crippen molar-refractivity contribution in [2.45, 2.75) is 20.3 Å². The second kappa shape index (κ2) is 9.98. The van der Waals surface area contributed by atoms with Gasteiger partial charge >= 0.3 is 0 Å². The van der Waals surface area contributed by atoms with Gasteiger partial charge in [0.1, 0.15) is 0 Å². The highest BCUT2D eigenvalue weighted by atomic mass is 35.5. The Bertz CT molecular complexity index is 971. The molecule has 0 aliphatic carbocycles. The largest absolute Gasteiger partial charge is 0.490 e. The van der Waals surface area contributed by atoms with E-state index in [-0.39, 0.29) is 5.91 Å². The predicted molar refractivity (Wildman–Crippen MR) is 113 cm³/mol. The van der Waals surface area contributed by atoms with Gasteiger partial charge in [0.15, 0.2) is 17.2 Å². The van der Waals surface area contributed by atoms with Crippen molar-refractivity contribution in [3.63, 3.8) is 0 Å². The molecule has 0 spiro atoms. The molecule has 2 aromatic carbocycles. The summed E-state index contributed by atoms with van der Waals surface area (Å²) in [7, 11) is 0. The zero-order chi connectivity index (χ0) is 20.6. The minimum absolute atomic E-state index is 0.221. The summed E-state index contributed by atoms with van der Waals surface area (Å²) in [4.78, 5) is 12.4. The number of halogens is 1. The molecular weight excluding hydrogens is 390 g/mol. The zero-order valence-corrected chi connectivity index (χ0v) is 17.3.